The van der Waals surface area contributed by atoms with Crippen molar-refractivity contribution in [2.45, 2.75) is 38.5 Å². The zero-order valence-corrected chi connectivity index (χ0v) is 12.3. The van der Waals surface area contributed by atoms with Crippen molar-refractivity contribution in [3.8, 4) is 0 Å². The molecular weight excluding hydrogens is 292 g/mol. The van der Waals surface area contributed by atoms with Crippen LogP contribution in [0.1, 0.15) is 37.7 Å². The largest absolute Gasteiger partial charge is 0.469 e. The van der Waals surface area contributed by atoms with E-state index in [1.807, 2.05) is 0 Å². The SMILES string of the molecule is COC(=O)CC1(CCc2ccc(Br)cc2)CCC1. The first-order chi connectivity index (χ1) is 8.63. The molecule has 2 rings (SSSR count). The van der Waals surface area contributed by atoms with E-state index in [9.17, 15) is 4.79 Å². The van der Waals surface area contributed by atoms with Crippen molar-refractivity contribution in [1.82, 2.24) is 0 Å². The Kier molecular flexibility index (Phi) is 4.44. The Labute approximate surface area is 117 Å². The minimum Gasteiger partial charge on any atom is -0.469 e. The summed E-state index contributed by atoms with van der Waals surface area (Å²) < 4.78 is 5.91. The van der Waals surface area contributed by atoms with Gasteiger partial charge in [-0.2, -0.15) is 0 Å². The summed E-state index contributed by atoms with van der Waals surface area (Å²) in [4.78, 5) is 11.4. The maximum absolute atomic E-state index is 11.4. The van der Waals surface area contributed by atoms with Gasteiger partial charge in [-0.05, 0) is 48.8 Å². The number of halogens is 1. The smallest absolute Gasteiger partial charge is 0.306 e. The molecule has 0 radical (unpaired) electrons. The van der Waals surface area contributed by atoms with Gasteiger partial charge in [0.2, 0.25) is 0 Å². The van der Waals surface area contributed by atoms with E-state index in [0.717, 1.165) is 17.3 Å². The highest BCUT2D eigenvalue weighted by atomic mass is 79.9. The third kappa shape index (κ3) is 3.35. The first kappa shape index (κ1) is 13.6. The Balaban J connectivity index is 1.91. The zero-order chi connectivity index (χ0) is 13.0. The monoisotopic (exact) mass is 310 g/mol. The second-order valence-electron chi connectivity index (χ2n) is 5.23. The van der Waals surface area contributed by atoms with Gasteiger partial charge >= 0.3 is 5.97 Å². The fourth-order valence-electron chi connectivity index (χ4n) is 2.63. The van der Waals surface area contributed by atoms with Crippen LogP contribution in [0.4, 0.5) is 0 Å². The molecule has 18 heavy (non-hydrogen) atoms. The molecule has 0 amide bonds. The molecule has 0 aromatic heterocycles. The number of benzene rings is 1. The summed E-state index contributed by atoms with van der Waals surface area (Å²) in [6.45, 7) is 0. The Morgan fingerprint density at radius 3 is 2.50 bits per heavy atom. The number of hydrogen-bond acceptors (Lipinski definition) is 2. The van der Waals surface area contributed by atoms with Crippen molar-refractivity contribution in [2.24, 2.45) is 5.41 Å². The van der Waals surface area contributed by atoms with Crippen molar-refractivity contribution in [3.05, 3.63) is 34.3 Å². The summed E-state index contributed by atoms with van der Waals surface area (Å²) in [5.74, 6) is -0.0643. The maximum Gasteiger partial charge on any atom is 0.306 e. The van der Waals surface area contributed by atoms with Crippen LogP contribution in [0.2, 0.25) is 0 Å². The molecule has 0 heterocycles. The Morgan fingerprint density at radius 1 is 1.33 bits per heavy atom. The van der Waals surface area contributed by atoms with Gasteiger partial charge in [-0.3, -0.25) is 4.79 Å². The van der Waals surface area contributed by atoms with Crippen LogP contribution in [-0.4, -0.2) is 13.1 Å². The average Bonchev–Trinajstić information content (AvgIpc) is 2.34. The number of methoxy groups -OCH3 is 1. The normalized spacial score (nSPS) is 17.0. The van der Waals surface area contributed by atoms with E-state index >= 15 is 0 Å². The molecule has 3 heteroatoms. The third-order valence-electron chi connectivity index (χ3n) is 4.02. The molecule has 0 N–H and O–H groups in total. The van der Waals surface area contributed by atoms with Crippen LogP contribution in [0, 0.1) is 5.41 Å². The number of carbonyl (C=O) groups excluding carboxylic acids is 1. The molecule has 1 aromatic carbocycles. The average molecular weight is 311 g/mol. The van der Waals surface area contributed by atoms with Gasteiger partial charge in [0.25, 0.3) is 0 Å². The summed E-state index contributed by atoms with van der Waals surface area (Å²) in [7, 11) is 1.48. The van der Waals surface area contributed by atoms with E-state index in [1.54, 1.807) is 0 Å². The predicted molar refractivity (Wildman–Crippen MR) is 75.4 cm³/mol. The van der Waals surface area contributed by atoms with E-state index in [1.165, 1.54) is 31.9 Å². The van der Waals surface area contributed by atoms with Gasteiger partial charge in [-0.25, -0.2) is 0 Å². The molecule has 1 aromatic rings. The Bertz CT molecular complexity index is 407. The number of ether oxygens (including phenoxy) is 1. The van der Waals surface area contributed by atoms with Gasteiger partial charge in [0.15, 0.2) is 0 Å². The van der Waals surface area contributed by atoms with Gasteiger partial charge in [-0.15, -0.1) is 0 Å². The molecule has 2 nitrogen and oxygen atoms in total. The van der Waals surface area contributed by atoms with Crippen molar-refractivity contribution < 1.29 is 9.53 Å². The molecule has 0 atom stereocenters. The van der Waals surface area contributed by atoms with Crippen molar-refractivity contribution in [3.63, 3.8) is 0 Å². The van der Waals surface area contributed by atoms with E-state index in [2.05, 4.69) is 40.2 Å². The third-order valence-corrected chi connectivity index (χ3v) is 4.55. The van der Waals surface area contributed by atoms with Crippen LogP contribution in [0.5, 0.6) is 0 Å². The van der Waals surface area contributed by atoms with Gasteiger partial charge in [-0.1, -0.05) is 34.5 Å². The molecule has 0 bridgehead atoms. The van der Waals surface area contributed by atoms with Gasteiger partial charge < -0.3 is 4.74 Å². The van der Waals surface area contributed by atoms with E-state index < -0.39 is 0 Å². The second-order valence-corrected chi connectivity index (χ2v) is 6.15. The molecule has 0 unspecified atom stereocenters. The van der Waals surface area contributed by atoms with Crippen LogP contribution in [0.15, 0.2) is 28.7 Å². The number of esters is 1. The number of rotatable bonds is 5. The maximum atomic E-state index is 11.4. The lowest BCUT2D eigenvalue weighted by Crippen LogP contribution is -2.33. The lowest BCUT2D eigenvalue weighted by molar-refractivity contribution is -0.145. The number of hydrogen-bond donors (Lipinski definition) is 0. The van der Waals surface area contributed by atoms with E-state index in [4.69, 9.17) is 4.74 Å². The molecule has 0 saturated heterocycles. The summed E-state index contributed by atoms with van der Waals surface area (Å²) >= 11 is 3.44. The van der Waals surface area contributed by atoms with Crippen LogP contribution in [0.3, 0.4) is 0 Å². The fraction of sp³-hybridized carbons (Fsp3) is 0.533. The first-order valence-electron chi connectivity index (χ1n) is 6.45. The van der Waals surface area contributed by atoms with Crippen LogP contribution >= 0.6 is 15.9 Å². The zero-order valence-electron chi connectivity index (χ0n) is 10.7. The molecule has 1 fully saturated rings. The fourth-order valence-corrected chi connectivity index (χ4v) is 2.90. The van der Waals surface area contributed by atoms with Gasteiger partial charge in [0.05, 0.1) is 13.5 Å². The highest BCUT2D eigenvalue weighted by Crippen LogP contribution is 2.47. The molecule has 0 spiro atoms. The van der Waals surface area contributed by atoms with Crippen LogP contribution < -0.4 is 0 Å². The summed E-state index contributed by atoms with van der Waals surface area (Å²) in [5.41, 5.74) is 1.55. The Hall–Kier alpha value is -0.830. The predicted octanol–water partition coefficient (Wildman–Crippen LogP) is 4.12. The molecular formula is C15H19BrO2. The topological polar surface area (TPSA) is 26.3 Å². The minimum absolute atomic E-state index is 0.0643. The lowest BCUT2D eigenvalue weighted by atomic mass is 9.64. The molecule has 1 aliphatic carbocycles. The standard InChI is InChI=1S/C15H19BrO2/c1-18-14(17)11-15(8-2-9-15)10-7-12-3-5-13(16)6-4-12/h3-6H,2,7-11H2,1H3. The number of carbonyl (C=O) groups is 1. The second kappa shape index (κ2) is 5.87. The molecule has 1 saturated carbocycles. The molecule has 1 aliphatic rings. The Morgan fingerprint density at radius 2 is 2.00 bits per heavy atom. The van der Waals surface area contributed by atoms with Crippen molar-refractivity contribution in [2.75, 3.05) is 7.11 Å². The van der Waals surface area contributed by atoms with E-state index in [-0.39, 0.29) is 11.4 Å². The highest BCUT2D eigenvalue weighted by molar-refractivity contribution is 9.10. The highest BCUT2D eigenvalue weighted by Gasteiger charge is 2.38. The van der Waals surface area contributed by atoms with E-state index in [0.29, 0.717) is 6.42 Å². The van der Waals surface area contributed by atoms with Crippen molar-refractivity contribution >= 4 is 21.9 Å². The lowest BCUT2D eigenvalue weighted by Gasteiger charge is -2.41. The van der Waals surface area contributed by atoms with Gasteiger partial charge in [0, 0.05) is 4.47 Å². The summed E-state index contributed by atoms with van der Waals surface area (Å²) in [6.07, 6.45) is 6.29. The van der Waals surface area contributed by atoms with Crippen molar-refractivity contribution in [1.29, 1.82) is 0 Å². The first-order valence-corrected chi connectivity index (χ1v) is 7.24. The number of aryl methyl sites for hydroxylation is 1. The molecule has 0 aliphatic heterocycles. The van der Waals surface area contributed by atoms with Crippen LogP contribution in [0.25, 0.3) is 0 Å². The minimum atomic E-state index is -0.0643. The summed E-state index contributed by atoms with van der Waals surface area (Å²) in [6, 6.07) is 8.44. The summed E-state index contributed by atoms with van der Waals surface area (Å²) in [5, 5.41) is 0. The van der Waals surface area contributed by atoms with Gasteiger partial charge in [0.1, 0.15) is 0 Å². The molecule has 98 valence electrons. The van der Waals surface area contributed by atoms with Crippen LogP contribution in [-0.2, 0) is 16.0 Å². The quantitative estimate of drug-likeness (QED) is 0.765.